The maximum Gasteiger partial charge on any atom is 0.0614 e. The molecule has 3 N–H and O–H groups in total. The number of aliphatic hydroxyl groups is 3. The van der Waals surface area contributed by atoms with E-state index in [2.05, 4.69) is 25.7 Å². The molecule has 174 valence electrons. The number of aliphatic hydroxyl groups excluding tert-OH is 3. The lowest BCUT2D eigenvalue weighted by Crippen LogP contribution is -2.56. The molecule has 0 spiro atoms. The van der Waals surface area contributed by atoms with Crippen molar-refractivity contribution in [2.45, 2.75) is 96.5 Å². The highest BCUT2D eigenvalue weighted by molar-refractivity contribution is 5.35. The molecule has 2 aliphatic heterocycles. The molecule has 0 aromatic heterocycles. The first kappa shape index (κ1) is 21.1. The standard InChI is InChI=1S/C27H43NO3/c1-14-4-5-23-15(2)17-10-25(31)26-18(20(17)13-28(23)12-14)9-21-19(26)11-24(30)22-8-16(29)6-7-27(21,22)3/h14-17,19,21-26,29-31H,4-13H2,1-3H3. The van der Waals surface area contributed by atoms with Gasteiger partial charge in [-0.25, -0.2) is 0 Å². The van der Waals surface area contributed by atoms with E-state index in [1.165, 1.54) is 19.4 Å². The van der Waals surface area contributed by atoms with Crippen molar-refractivity contribution in [2.75, 3.05) is 13.1 Å². The van der Waals surface area contributed by atoms with Gasteiger partial charge in [0.2, 0.25) is 0 Å². The van der Waals surface area contributed by atoms with Crippen molar-refractivity contribution < 1.29 is 15.3 Å². The van der Waals surface area contributed by atoms with Gasteiger partial charge in [-0.2, -0.15) is 0 Å². The highest BCUT2D eigenvalue weighted by Gasteiger charge is 2.61. The quantitative estimate of drug-likeness (QED) is 0.515. The maximum atomic E-state index is 11.5. The largest absolute Gasteiger partial charge is 0.393 e. The fourth-order valence-electron chi connectivity index (χ4n) is 9.84. The molecule has 4 nitrogen and oxygen atoms in total. The highest BCUT2D eigenvalue weighted by atomic mass is 16.3. The maximum absolute atomic E-state index is 11.5. The molecule has 6 aliphatic rings. The van der Waals surface area contributed by atoms with Gasteiger partial charge in [-0.3, -0.25) is 4.90 Å². The Hall–Kier alpha value is -0.420. The number of fused-ring (bicyclic) bond motifs is 7. The summed E-state index contributed by atoms with van der Waals surface area (Å²) < 4.78 is 0. The van der Waals surface area contributed by atoms with Crippen molar-refractivity contribution in [3.05, 3.63) is 11.1 Å². The third-order valence-corrected chi connectivity index (χ3v) is 11.4. The summed E-state index contributed by atoms with van der Waals surface area (Å²) in [7, 11) is 0. The van der Waals surface area contributed by atoms with Gasteiger partial charge in [0.1, 0.15) is 0 Å². The Morgan fingerprint density at radius 2 is 1.71 bits per heavy atom. The lowest BCUT2D eigenvalue weighted by Gasteiger charge is -2.56. The number of nitrogens with zero attached hydrogens (tertiary/aromatic N) is 1. The van der Waals surface area contributed by atoms with Crippen LogP contribution in [0.4, 0.5) is 0 Å². The first-order chi connectivity index (χ1) is 14.8. The molecule has 5 fully saturated rings. The third-order valence-electron chi connectivity index (χ3n) is 11.4. The van der Waals surface area contributed by atoms with E-state index >= 15 is 0 Å². The van der Waals surface area contributed by atoms with Gasteiger partial charge in [0, 0.05) is 25.0 Å². The highest BCUT2D eigenvalue weighted by Crippen LogP contribution is 2.65. The molecule has 0 aromatic carbocycles. The summed E-state index contributed by atoms with van der Waals surface area (Å²) in [6.45, 7) is 9.62. The number of hydrogen-bond acceptors (Lipinski definition) is 4. The van der Waals surface area contributed by atoms with Gasteiger partial charge < -0.3 is 15.3 Å². The summed E-state index contributed by atoms with van der Waals surface area (Å²) in [4.78, 5) is 2.78. The lowest BCUT2D eigenvalue weighted by atomic mass is 9.51. The van der Waals surface area contributed by atoms with Gasteiger partial charge in [0.25, 0.3) is 0 Å². The zero-order valence-corrected chi connectivity index (χ0v) is 19.7. The van der Waals surface area contributed by atoms with Crippen LogP contribution < -0.4 is 0 Å². The van der Waals surface area contributed by atoms with E-state index in [0.717, 1.165) is 51.0 Å². The van der Waals surface area contributed by atoms with Crippen LogP contribution in [-0.2, 0) is 0 Å². The fraction of sp³-hybridized carbons (Fsp3) is 0.926. The Balaban J connectivity index is 1.37. The van der Waals surface area contributed by atoms with Crippen molar-refractivity contribution in [1.82, 2.24) is 4.90 Å². The molecule has 4 heteroatoms. The number of hydrogen-bond donors (Lipinski definition) is 3. The van der Waals surface area contributed by atoms with Crippen molar-refractivity contribution in [1.29, 1.82) is 0 Å². The Labute approximate surface area is 188 Å². The minimum absolute atomic E-state index is 0.101. The SMILES string of the molecule is CC1CCC2C(C)C3CC(O)C4C(=C3CN2C1)CC1C4CC(O)C2CC(O)CCC21C. The Morgan fingerprint density at radius 1 is 0.903 bits per heavy atom. The van der Waals surface area contributed by atoms with Crippen LogP contribution in [0.15, 0.2) is 11.1 Å². The second-order valence-corrected chi connectivity index (χ2v) is 12.8. The van der Waals surface area contributed by atoms with Crippen molar-refractivity contribution in [2.24, 2.45) is 46.8 Å². The van der Waals surface area contributed by atoms with Crippen molar-refractivity contribution >= 4 is 0 Å². The van der Waals surface area contributed by atoms with Crippen LogP contribution in [0.1, 0.15) is 72.1 Å². The molecular weight excluding hydrogens is 386 g/mol. The Kier molecular flexibility index (Phi) is 4.97. The molecule has 3 saturated carbocycles. The summed E-state index contributed by atoms with van der Waals surface area (Å²) in [5.74, 6) is 3.44. The molecule has 12 unspecified atom stereocenters. The van der Waals surface area contributed by atoms with Crippen LogP contribution in [0.25, 0.3) is 0 Å². The number of rotatable bonds is 0. The molecule has 0 aromatic rings. The lowest BCUT2D eigenvalue weighted by molar-refractivity contribution is -0.135. The monoisotopic (exact) mass is 429 g/mol. The van der Waals surface area contributed by atoms with E-state index in [4.69, 9.17) is 0 Å². The molecule has 4 aliphatic carbocycles. The molecule has 31 heavy (non-hydrogen) atoms. The molecule has 0 bridgehead atoms. The van der Waals surface area contributed by atoms with Crippen LogP contribution in [0.5, 0.6) is 0 Å². The molecule has 2 saturated heterocycles. The first-order valence-corrected chi connectivity index (χ1v) is 13.3. The van der Waals surface area contributed by atoms with Crippen LogP contribution >= 0.6 is 0 Å². The summed E-state index contributed by atoms with van der Waals surface area (Å²) in [5, 5.41) is 32.9. The van der Waals surface area contributed by atoms with Crippen LogP contribution in [0.2, 0.25) is 0 Å². The average Bonchev–Trinajstić information content (AvgIpc) is 3.12. The summed E-state index contributed by atoms with van der Waals surface area (Å²) >= 11 is 0. The smallest absolute Gasteiger partial charge is 0.0614 e. The zero-order chi connectivity index (χ0) is 21.7. The molecule has 6 rings (SSSR count). The summed E-state index contributed by atoms with van der Waals surface area (Å²) in [6, 6.07) is 0.696. The first-order valence-electron chi connectivity index (χ1n) is 13.3. The van der Waals surface area contributed by atoms with Gasteiger partial charge in [0.05, 0.1) is 18.3 Å². The van der Waals surface area contributed by atoms with Crippen molar-refractivity contribution in [3.8, 4) is 0 Å². The fourth-order valence-corrected chi connectivity index (χ4v) is 9.84. The molecule has 0 radical (unpaired) electrons. The minimum atomic E-state index is -0.326. The van der Waals surface area contributed by atoms with Gasteiger partial charge >= 0.3 is 0 Å². The predicted molar refractivity (Wildman–Crippen MR) is 121 cm³/mol. The van der Waals surface area contributed by atoms with E-state index in [1.54, 1.807) is 11.1 Å². The number of piperidine rings is 2. The van der Waals surface area contributed by atoms with E-state index < -0.39 is 0 Å². The van der Waals surface area contributed by atoms with Crippen LogP contribution in [0, 0.1) is 46.8 Å². The van der Waals surface area contributed by atoms with Crippen LogP contribution in [0.3, 0.4) is 0 Å². The van der Waals surface area contributed by atoms with E-state index in [-0.39, 0.29) is 35.6 Å². The van der Waals surface area contributed by atoms with Gasteiger partial charge in [-0.15, -0.1) is 0 Å². The Bertz CT molecular complexity index is 766. The van der Waals surface area contributed by atoms with E-state index in [0.29, 0.717) is 29.7 Å². The van der Waals surface area contributed by atoms with E-state index in [1.807, 2.05) is 0 Å². The van der Waals surface area contributed by atoms with Crippen molar-refractivity contribution in [3.63, 3.8) is 0 Å². The molecule has 2 heterocycles. The topological polar surface area (TPSA) is 63.9 Å². The van der Waals surface area contributed by atoms with Gasteiger partial charge in [-0.1, -0.05) is 31.9 Å². The summed E-state index contributed by atoms with van der Waals surface area (Å²) in [5.41, 5.74) is 3.39. The third kappa shape index (κ3) is 3.00. The average molecular weight is 430 g/mol. The second-order valence-electron chi connectivity index (χ2n) is 12.8. The molecule has 0 amide bonds. The molecular formula is C27H43NO3. The minimum Gasteiger partial charge on any atom is -0.393 e. The summed E-state index contributed by atoms with van der Waals surface area (Å²) in [6.07, 6.45) is 7.39. The zero-order valence-electron chi connectivity index (χ0n) is 19.7. The molecule has 12 atom stereocenters. The second kappa shape index (κ2) is 7.29. The predicted octanol–water partition coefficient (Wildman–Crippen LogP) is 3.60. The van der Waals surface area contributed by atoms with Gasteiger partial charge in [0.15, 0.2) is 0 Å². The van der Waals surface area contributed by atoms with Crippen LogP contribution in [-0.4, -0.2) is 57.7 Å². The van der Waals surface area contributed by atoms with Gasteiger partial charge in [-0.05, 0) is 92.3 Å². The normalized spacial score (nSPS) is 56.9. The van der Waals surface area contributed by atoms with E-state index in [9.17, 15) is 15.3 Å². The Morgan fingerprint density at radius 3 is 2.52 bits per heavy atom.